The minimum absolute atomic E-state index is 0.0359. The summed E-state index contributed by atoms with van der Waals surface area (Å²) in [4.78, 5) is 75.1. The second kappa shape index (κ2) is 21.1. The smallest absolute Gasteiger partial charge is 0.412 e. The molecule has 2 N–H and O–H groups in total. The van der Waals surface area contributed by atoms with E-state index in [0.717, 1.165) is 40.8 Å². The van der Waals surface area contributed by atoms with Gasteiger partial charge in [0.1, 0.15) is 59.5 Å². The van der Waals surface area contributed by atoms with Crippen LogP contribution in [0.5, 0.6) is 11.8 Å². The number of fused-ring (bicyclic) bond motifs is 10. The summed E-state index contributed by atoms with van der Waals surface area (Å²) < 4.78 is 73.7. The van der Waals surface area contributed by atoms with Crippen LogP contribution in [-0.4, -0.2) is 121 Å². The number of benzene rings is 3. The summed E-state index contributed by atoms with van der Waals surface area (Å²) in [5, 5.41) is 15.2. The van der Waals surface area contributed by atoms with Crippen LogP contribution < -0.4 is 25.2 Å². The first kappa shape index (κ1) is 57.1. The highest BCUT2D eigenvalue weighted by Gasteiger charge is 2.50. The van der Waals surface area contributed by atoms with Gasteiger partial charge in [-0.1, -0.05) is 49.2 Å². The third-order valence-corrected chi connectivity index (χ3v) is 19.8. The molecular weight excluding hydrogens is 1160 g/mol. The number of pyridine rings is 2. The molecule has 2 bridgehead atoms. The minimum atomic E-state index is -1.94. The Morgan fingerprint density at radius 2 is 1.76 bits per heavy atom. The van der Waals surface area contributed by atoms with Gasteiger partial charge in [0.25, 0.3) is 11.5 Å². The number of anilines is 2. The van der Waals surface area contributed by atoms with E-state index in [9.17, 15) is 28.7 Å². The Hall–Kier alpha value is -7.04. The van der Waals surface area contributed by atoms with E-state index in [1.165, 1.54) is 12.1 Å². The lowest BCUT2D eigenvalue weighted by Crippen LogP contribution is -2.56. The van der Waals surface area contributed by atoms with Crippen LogP contribution in [0.15, 0.2) is 58.9 Å². The van der Waals surface area contributed by atoms with Crippen LogP contribution in [0.3, 0.4) is 0 Å². The molecule has 0 saturated carbocycles. The number of esters is 1. The topological polar surface area (TPSA) is 191 Å². The van der Waals surface area contributed by atoms with Crippen molar-refractivity contribution in [2.45, 2.75) is 135 Å². The molecule has 6 aliphatic rings. The number of thiophene rings is 1. The van der Waals surface area contributed by atoms with Gasteiger partial charge in [0.2, 0.25) is 0 Å². The number of aryl methyl sites for hydroxylation is 1. The highest BCUT2D eigenvalue weighted by atomic mass is 35.5. The molecule has 13 rings (SSSR count). The maximum atomic E-state index is 17.9. The fourth-order valence-corrected chi connectivity index (χ4v) is 15.5. The number of alkyl halides is 1. The Balaban J connectivity index is 0.782. The van der Waals surface area contributed by atoms with Gasteiger partial charge in [-0.15, -0.1) is 11.3 Å². The van der Waals surface area contributed by atoms with Crippen molar-refractivity contribution in [1.29, 1.82) is 0 Å². The fraction of sp³-hybridized carbons (Fsp3) is 0.435. The van der Waals surface area contributed by atoms with Gasteiger partial charge in [-0.25, -0.2) is 27.7 Å². The molecular formula is C62H61Cl2F3N8O9S. The van der Waals surface area contributed by atoms with Crippen LogP contribution in [-0.2, 0) is 44.2 Å². The third-order valence-electron chi connectivity index (χ3n) is 17.9. The first-order valence-corrected chi connectivity index (χ1v) is 30.3. The van der Waals surface area contributed by atoms with Gasteiger partial charge in [-0.2, -0.15) is 9.97 Å². The number of carbonyl (C=O) groups is 3. The molecule has 4 aromatic heterocycles. The Morgan fingerprint density at radius 1 is 0.988 bits per heavy atom. The first-order chi connectivity index (χ1) is 40.6. The zero-order valence-electron chi connectivity index (χ0n) is 47.6. The SMILES string of the molecule is C/C=C(\COc1ccc2nc3c(c(CC)c2c1)Cn1c-3cc2c(c1=O)COC(=O)[C@]2(O)CC)C(=O)N1C2CCC1CN(c1nc(OC[C@@]34CCCN3C[C@H](F)C4)nc3c(F)c(-c4ccc(F)c5sc(NC(=O)OC(C)(C)C)c(Cl)c45)c(Cl)cc13)C2. The predicted octanol–water partition coefficient (Wildman–Crippen LogP) is 11.6. The standard InChI is InChI=1S/C62H61Cl2F3N8O9S/c1-7-30(27-81-34-13-16-44-37(19-34)35(8-2)39-26-74-45(50(39)68-44)21-41-40(56(74)77)28-82-57(78)62(41,80)9-3)55(76)75-32-11-12-33(75)25-72(24-32)53-38-20-42(63)46(36-14-15-43(66)52-47(36)48(64)54(85-52)71-59(79)84-60(4,5)6)49(67)51(38)69-58(70-53)83-29-61-17-10-18-73(61)23-31(65)22-61/h7,13-16,19-21,31-33,80H,8-12,17-18,22-29H2,1-6H3,(H,71,79)/b30-7+/t31-,32?,33?,61+,62+/m1/s1. The van der Waals surface area contributed by atoms with Crippen LogP contribution in [0.4, 0.5) is 28.8 Å². The largest absolute Gasteiger partial charge is 0.489 e. The average Bonchev–Trinajstić information content (AvgIpc) is 2.03. The maximum absolute atomic E-state index is 17.9. The van der Waals surface area contributed by atoms with E-state index >= 15 is 8.78 Å². The second-order valence-corrected chi connectivity index (χ2v) is 25.8. The summed E-state index contributed by atoms with van der Waals surface area (Å²) in [5.74, 6) is -1.63. The van der Waals surface area contributed by atoms with Crippen LogP contribution in [0.2, 0.25) is 10.0 Å². The molecule has 17 nitrogen and oxygen atoms in total. The van der Waals surface area contributed by atoms with Gasteiger partial charge >= 0.3 is 18.1 Å². The molecule has 3 aromatic carbocycles. The third kappa shape index (κ3) is 9.45. The Morgan fingerprint density at radius 3 is 2.49 bits per heavy atom. The van der Waals surface area contributed by atoms with Gasteiger partial charge in [0.15, 0.2) is 11.4 Å². The quantitative estimate of drug-likeness (QED) is 0.0867. The van der Waals surface area contributed by atoms with E-state index in [4.69, 9.17) is 57.1 Å². The molecule has 10 heterocycles. The maximum Gasteiger partial charge on any atom is 0.412 e. The molecule has 85 heavy (non-hydrogen) atoms. The average molecular weight is 1220 g/mol. The molecule has 2 unspecified atom stereocenters. The van der Waals surface area contributed by atoms with Crippen LogP contribution >= 0.6 is 34.5 Å². The summed E-state index contributed by atoms with van der Waals surface area (Å²) in [6, 6.07) is 10.7. The molecule has 6 aliphatic heterocycles. The minimum Gasteiger partial charge on any atom is -0.489 e. The number of hydrogen-bond acceptors (Lipinski definition) is 15. The van der Waals surface area contributed by atoms with E-state index in [-0.39, 0.29) is 127 Å². The molecule has 0 aliphatic carbocycles. The Bertz CT molecular complexity index is 4100. The number of nitrogens with one attached hydrogen (secondary N) is 1. The summed E-state index contributed by atoms with van der Waals surface area (Å²) in [6.07, 6.45) is 3.79. The van der Waals surface area contributed by atoms with Crippen molar-refractivity contribution in [3.63, 3.8) is 0 Å². The number of carbonyl (C=O) groups excluding carboxylic acids is 3. The normalized spacial score (nSPS) is 22.7. The van der Waals surface area contributed by atoms with Crippen LogP contribution in [0.1, 0.15) is 102 Å². The lowest BCUT2D eigenvalue weighted by Gasteiger charge is -2.42. The van der Waals surface area contributed by atoms with Gasteiger partial charge in [0, 0.05) is 58.9 Å². The molecule has 23 heteroatoms. The number of nitrogens with zero attached hydrogens (tertiary/aromatic N) is 7. The zero-order chi connectivity index (χ0) is 59.8. The predicted molar refractivity (Wildman–Crippen MR) is 318 cm³/mol. The fourth-order valence-electron chi connectivity index (χ4n) is 13.8. The Labute approximate surface area is 500 Å². The summed E-state index contributed by atoms with van der Waals surface area (Å²) in [6.45, 7) is 12.3. The molecule has 4 saturated heterocycles. The highest BCUT2D eigenvalue weighted by molar-refractivity contribution is 7.24. The molecule has 0 radical (unpaired) electrons. The van der Waals surface area contributed by atoms with E-state index in [1.54, 1.807) is 63.5 Å². The number of hydrogen-bond donors (Lipinski definition) is 2. The molecule has 5 atom stereocenters. The zero-order valence-corrected chi connectivity index (χ0v) is 49.9. The van der Waals surface area contributed by atoms with Gasteiger partial charge in [0.05, 0.1) is 67.0 Å². The van der Waals surface area contributed by atoms with E-state index in [1.807, 2.05) is 28.9 Å². The number of rotatable bonds is 12. The number of piperazine rings is 1. The summed E-state index contributed by atoms with van der Waals surface area (Å²) in [7, 11) is 0. The van der Waals surface area contributed by atoms with Crippen molar-refractivity contribution >= 4 is 95.2 Å². The van der Waals surface area contributed by atoms with Gasteiger partial charge in [-0.3, -0.25) is 19.8 Å². The van der Waals surface area contributed by atoms with Crippen LogP contribution in [0.25, 0.3) is 54.4 Å². The molecule has 7 aromatic rings. The van der Waals surface area contributed by atoms with Gasteiger partial charge in [-0.05, 0) is 120 Å². The summed E-state index contributed by atoms with van der Waals surface area (Å²) in [5.41, 5.74) is 0.755. The number of halogens is 5. The van der Waals surface area contributed by atoms with Crippen molar-refractivity contribution in [2.24, 2.45) is 0 Å². The van der Waals surface area contributed by atoms with E-state index in [0.29, 0.717) is 79.4 Å². The monoisotopic (exact) mass is 1220 g/mol. The number of allylic oxidation sites excluding steroid dienone is 1. The first-order valence-electron chi connectivity index (χ1n) is 28.7. The van der Waals surface area contributed by atoms with Crippen molar-refractivity contribution < 1.29 is 51.6 Å². The number of amides is 2. The number of aromatic nitrogens is 4. The van der Waals surface area contributed by atoms with Crippen LogP contribution in [0, 0.1) is 11.6 Å². The van der Waals surface area contributed by atoms with Crippen molar-refractivity contribution in [3.05, 3.63) is 108 Å². The highest BCUT2D eigenvalue weighted by Crippen LogP contribution is 2.50. The lowest BCUT2D eigenvalue weighted by molar-refractivity contribution is -0.172. The molecule has 0 spiro atoms. The molecule has 4 fully saturated rings. The molecule has 2 amide bonds. The second-order valence-electron chi connectivity index (χ2n) is 24.0. The van der Waals surface area contributed by atoms with E-state index in [2.05, 4.69) is 10.2 Å². The summed E-state index contributed by atoms with van der Waals surface area (Å²) >= 11 is 14.9. The van der Waals surface area contributed by atoms with E-state index < -0.39 is 46.6 Å². The molecule has 444 valence electrons. The number of ether oxygens (including phenoxy) is 4. The number of aliphatic hydroxyl groups is 1. The lowest BCUT2D eigenvalue weighted by atomic mass is 9.86. The van der Waals surface area contributed by atoms with Crippen molar-refractivity contribution in [3.8, 4) is 34.3 Å². The Kier molecular flexibility index (Phi) is 14.2. The number of cyclic esters (lactones) is 1. The van der Waals surface area contributed by atoms with Gasteiger partial charge < -0.3 is 38.4 Å². The van der Waals surface area contributed by atoms with Crippen molar-refractivity contribution in [1.82, 2.24) is 29.3 Å². The van der Waals surface area contributed by atoms with Crippen molar-refractivity contribution in [2.75, 3.05) is 49.6 Å².